The number of hydrogen-bond acceptors (Lipinski definition) is 4. The summed E-state index contributed by atoms with van der Waals surface area (Å²) in [5, 5.41) is 19.2. The highest BCUT2D eigenvalue weighted by Gasteiger charge is 2.57. The number of aliphatic hydroxyl groups excluding tert-OH is 1. The van der Waals surface area contributed by atoms with Crippen LogP contribution in [0.25, 0.3) is 0 Å². The number of carboxylic acid groups (broad SMARTS) is 1. The lowest BCUT2D eigenvalue weighted by Crippen LogP contribution is -2.58. The number of likely N-dealkylation sites (tertiary alicyclic amines) is 2. The first-order valence-electron chi connectivity index (χ1n) is 7.21. The van der Waals surface area contributed by atoms with Gasteiger partial charge in [-0.2, -0.15) is 0 Å². The lowest BCUT2D eigenvalue weighted by Gasteiger charge is -2.37. The fraction of sp³-hybridized carbons (Fsp3) is 0.769. The van der Waals surface area contributed by atoms with Gasteiger partial charge in [0.15, 0.2) is 0 Å². The van der Waals surface area contributed by atoms with Gasteiger partial charge in [-0.15, -0.1) is 0 Å². The molecule has 0 aromatic heterocycles. The molecule has 2 bridgehead atoms. The second-order valence-electron chi connectivity index (χ2n) is 6.09. The fourth-order valence-corrected chi connectivity index (χ4v) is 4.10. The zero-order valence-corrected chi connectivity index (χ0v) is 11.5. The Morgan fingerprint density at radius 1 is 1.19 bits per heavy atom. The van der Waals surface area contributed by atoms with Gasteiger partial charge in [0.25, 0.3) is 0 Å². The summed E-state index contributed by atoms with van der Waals surface area (Å²) in [5.74, 6) is -1.08. The minimum atomic E-state index is -1.20. The first-order chi connectivity index (χ1) is 9.91. The maximum atomic E-state index is 12.7. The molecule has 8 nitrogen and oxygen atoms in total. The molecule has 5 atom stereocenters. The first-order valence-corrected chi connectivity index (χ1v) is 7.21. The molecule has 2 saturated heterocycles. The van der Waals surface area contributed by atoms with E-state index in [2.05, 4.69) is 0 Å². The largest absolute Gasteiger partial charge is 0.465 e. The second-order valence-corrected chi connectivity index (χ2v) is 6.09. The molecule has 2 heterocycles. The lowest BCUT2D eigenvalue weighted by atomic mass is 9.96. The SMILES string of the molecule is NC(=O)[C@@H]1CCCN1C(=O)[C@@H]1[C@@H]2C[C@@H](O)[C@@H](C2)N1C(=O)O. The summed E-state index contributed by atoms with van der Waals surface area (Å²) in [6.45, 7) is 0.427. The Morgan fingerprint density at radius 3 is 2.52 bits per heavy atom. The van der Waals surface area contributed by atoms with Gasteiger partial charge in [-0.05, 0) is 31.6 Å². The highest BCUT2D eigenvalue weighted by Crippen LogP contribution is 2.43. The van der Waals surface area contributed by atoms with E-state index in [1.165, 1.54) is 4.90 Å². The van der Waals surface area contributed by atoms with Crippen molar-refractivity contribution < 1.29 is 24.6 Å². The Bertz CT molecular complexity index is 496. The van der Waals surface area contributed by atoms with Crippen molar-refractivity contribution in [3.63, 3.8) is 0 Å². The Labute approximate surface area is 121 Å². The standard InChI is InChI=1S/C13H19N3O5/c14-11(18)7-2-1-3-15(7)12(19)10-6-4-8(9(17)5-6)16(10)13(20)21/h6-10,17H,1-5H2,(H2,14,18)(H,20,21)/t6-,7-,8+,9+,10-/m0/s1. The number of carbonyl (C=O) groups excluding carboxylic acids is 2. The van der Waals surface area contributed by atoms with E-state index in [0.29, 0.717) is 32.2 Å². The highest BCUT2D eigenvalue weighted by molar-refractivity contribution is 5.92. The minimum Gasteiger partial charge on any atom is -0.465 e. The molecule has 1 aliphatic carbocycles. The number of rotatable bonds is 2. The van der Waals surface area contributed by atoms with Gasteiger partial charge in [0.2, 0.25) is 11.8 Å². The van der Waals surface area contributed by atoms with Crippen LogP contribution in [0.3, 0.4) is 0 Å². The summed E-state index contributed by atoms with van der Waals surface area (Å²) in [6, 6.07) is -1.95. The van der Waals surface area contributed by atoms with Gasteiger partial charge in [0.05, 0.1) is 12.1 Å². The van der Waals surface area contributed by atoms with E-state index in [1.807, 2.05) is 0 Å². The van der Waals surface area contributed by atoms with Crippen molar-refractivity contribution in [3.05, 3.63) is 0 Å². The number of fused-ring (bicyclic) bond motifs is 2. The number of amides is 3. The number of aliphatic hydroxyl groups is 1. The van der Waals surface area contributed by atoms with Gasteiger partial charge in [-0.25, -0.2) is 4.79 Å². The maximum absolute atomic E-state index is 12.7. The van der Waals surface area contributed by atoms with Crippen molar-refractivity contribution in [1.82, 2.24) is 9.80 Å². The van der Waals surface area contributed by atoms with Gasteiger partial charge in [-0.1, -0.05) is 0 Å². The molecule has 21 heavy (non-hydrogen) atoms. The Morgan fingerprint density at radius 2 is 1.90 bits per heavy atom. The topological polar surface area (TPSA) is 124 Å². The summed E-state index contributed by atoms with van der Waals surface area (Å²) < 4.78 is 0. The lowest BCUT2D eigenvalue weighted by molar-refractivity contribution is -0.143. The number of piperidine rings is 1. The summed E-state index contributed by atoms with van der Waals surface area (Å²) in [5.41, 5.74) is 5.31. The maximum Gasteiger partial charge on any atom is 0.408 e. The summed E-state index contributed by atoms with van der Waals surface area (Å²) in [4.78, 5) is 38.0. The average molecular weight is 297 g/mol. The molecule has 3 amide bonds. The van der Waals surface area contributed by atoms with Crippen LogP contribution in [0.15, 0.2) is 0 Å². The molecule has 0 spiro atoms. The monoisotopic (exact) mass is 297 g/mol. The van der Waals surface area contributed by atoms with Crippen LogP contribution < -0.4 is 5.73 Å². The van der Waals surface area contributed by atoms with Gasteiger partial charge in [0, 0.05) is 6.54 Å². The van der Waals surface area contributed by atoms with E-state index < -0.39 is 36.2 Å². The normalized spacial score (nSPS) is 38.0. The first kappa shape index (κ1) is 14.1. The number of carbonyl (C=O) groups is 3. The number of nitrogens with two attached hydrogens (primary N) is 1. The third-order valence-electron chi connectivity index (χ3n) is 4.97. The fourth-order valence-electron chi connectivity index (χ4n) is 4.10. The van der Waals surface area contributed by atoms with Gasteiger partial charge in [0.1, 0.15) is 12.1 Å². The average Bonchev–Trinajstić information content (AvgIpc) is 3.09. The van der Waals surface area contributed by atoms with Crippen LogP contribution in [0.5, 0.6) is 0 Å². The minimum absolute atomic E-state index is 0.178. The number of primary amides is 1. The molecule has 2 aliphatic heterocycles. The van der Waals surface area contributed by atoms with Crippen molar-refractivity contribution in [2.24, 2.45) is 11.7 Å². The molecular weight excluding hydrogens is 278 g/mol. The zero-order chi connectivity index (χ0) is 15.3. The molecule has 8 heteroatoms. The van der Waals surface area contributed by atoms with E-state index in [-0.39, 0.29) is 11.8 Å². The van der Waals surface area contributed by atoms with Crippen molar-refractivity contribution in [3.8, 4) is 0 Å². The summed E-state index contributed by atoms with van der Waals surface area (Å²) in [6.07, 6.45) is 0.238. The molecule has 0 radical (unpaired) electrons. The van der Waals surface area contributed by atoms with E-state index in [9.17, 15) is 24.6 Å². The predicted molar refractivity (Wildman–Crippen MR) is 70.1 cm³/mol. The van der Waals surface area contributed by atoms with Crippen LogP contribution in [0.2, 0.25) is 0 Å². The van der Waals surface area contributed by atoms with Crippen LogP contribution in [0.1, 0.15) is 25.7 Å². The van der Waals surface area contributed by atoms with Crippen molar-refractivity contribution in [1.29, 1.82) is 0 Å². The van der Waals surface area contributed by atoms with E-state index in [4.69, 9.17) is 5.73 Å². The second kappa shape index (κ2) is 4.87. The summed E-state index contributed by atoms with van der Waals surface area (Å²) in [7, 11) is 0. The molecule has 0 unspecified atom stereocenters. The molecule has 3 rings (SSSR count). The number of nitrogens with zero attached hydrogens (tertiary/aromatic N) is 2. The third-order valence-corrected chi connectivity index (χ3v) is 4.97. The molecule has 0 aromatic rings. The van der Waals surface area contributed by atoms with E-state index >= 15 is 0 Å². The van der Waals surface area contributed by atoms with Gasteiger partial charge in [-0.3, -0.25) is 14.5 Å². The molecule has 116 valence electrons. The van der Waals surface area contributed by atoms with Crippen molar-refractivity contribution in [2.75, 3.05) is 6.54 Å². The number of hydrogen-bond donors (Lipinski definition) is 3. The van der Waals surface area contributed by atoms with Crippen molar-refractivity contribution >= 4 is 17.9 Å². The van der Waals surface area contributed by atoms with Crippen molar-refractivity contribution in [2.45, 2.75) is 49.9 Å². The Hall–Kier alpha value is -1.83. The van der Waals surface area contributed by atoms with Crippen LogP contribution in [-0.2, 0) is 9.59 Å². The van der Waals surface area contributed by atoms with E-state index in [0.717, 1.165) is 4.90 Å². The van der Waals surface area contributed by atoms with Crippen LogP contribution in [0.4, 0.5) is 4.79 Å². The highest BCUT2D eigenvalue weighted by atomic mass is 16.4. The van der Waals surface area contributed by atoms with E-state index in [1.54, 1.807) is 0 Å². The summed E-state index contributed by atoms with van der Waals surface area (Å²) >= 11 is 0. The van der Waals surface area contributed by atoms with Gasteiger partial charge < -0.3 is 20.8 Å². The predicted octanol–water partition coefficient (Wildman–Crippen LogP) is -1.04. The molecular formula is C13H19N3O5. The Kier molecular flexibility index (Phi) is 3.27. The van der Waals surface area contributed by atoms with Crippen LogP contribution in [0, 0.1) is 5.92 Å². The van der Waals surface area contributed by atoms with Gasteiger partial charge >= 0.3 is 6.09 Å². The zero-order valence-electron chi connectivity index (χ0n) is 11.5. The molecule has 4 N–H and O–H groups in total. The van der Waals surface area contributed by atoms with Crippen LogP contribution in [-0.4, -0.2) is 68.7 Å². The third kappa shape index (κ3) is 2.05. The molecule has 3 aliphatic rings. The smallest absolute Gasteiger partial charge is 0.408 e. The molecule has 3 fully saturated rings. The molecule has 0 aromatic carbocycles. The molecule has 1 saturated carbocycles. The quantitative estimate of drug-likeness (QED) is 0.601. The Balaban J connectivity index is 1.84. The van der Waals surface area contributed by atoms with Crippen LogP contribution >= 0.6 is 0 Å².